The molecule has 0 aliphatic carbocycles. The van der Waals surface area contributed by atoms with Crippen LogP contribution >= 0.6 is 0 Å². The van der Waals surface area contributed by atoms with Gasteiger partial charge in [0.15, 0.2) is 0 Å². The Morgan fingerprint density at radius 1 is 1.26 bits per heavy atom. The predicted molar refractivity (Wildman–Crippen MR) is 87.1 cm³/mol. The zero-order chi connectivity index (χ0) is 17.1. The van der Waals surface area contributed by atoms with Gasteiger partial charge in [-0.1, -0.05) is 12.5 Å². The number of aliphatic imine (C=N–C) groups is 1. The number of carboxylic acids is 1. The highest BCUT2D eigenvalue weighted by molar-refractivity contribution is 5.83. The van der Waals surface area contributed by atoms with Crippen LogP contribution in [-0.4, -0.2) is 41.7 Å². The van der Waals surface area contributed by atoms with E-state index in [0.717, 1.165) is 25.7 Å². The summed E-state index contributed by atoms with van der Waals surface area (Å²) in [6, 6.07) is -0.941. The lowest BCUT2D eigenvalue weighted by molar-refractivity contribution is -0.141. The lowest BCUT2D eigenvalue weighted by Crippen LogP contribution is -2.41. The number of carbonyl (C=O) groups excluding carboxylic acids is 2. The summed E-state index contributed by atoms with van der Waals surface area (Å²) in [6.07, 6.45) is 8.16. The number of allylic oxidation sites excluding steroid dienone is 1. The van der Waals surface area contributed by atoms with Crippen molar-refractivity contribution in [1.82, 2.24) is 10.6 Å². The topological polar surface area (TPSA) is 108 Å². The maximum absolute atomic E-state index is 11.8. The second-order valence-corrected chi connectivity index (χ2v) is 5.54. The zero-order valence-corrected chi connectivity index (χ0v) is 13.5. The molecule has 1 aliphatic heterocycles. The number of aliphatic carboxylic acids is 1. The first-order valence-corrected chi connectivity index (χ1v) is 7.97. The molecule has 0 aromatic rings. The Morgan fingerprint density at radius 3 is 2.65 bits per heavy atom. The van der Waals surface area contributed by atoms with E-state index >= 15 is 0 Å². The van der Waals surface area contributed by atoms with Crippen molar-refractivity contribution < 1.29 is 19.5 Å². The number of nitrogens with one attached hydrogen (secondary N) is 2. The van der Waals surface area contributed by atoms with Crippen LogP contribution < -0.4 is 10.6 Å². The summed E-state index contributed by atoms with van der Waals surface area (Å²) in [5.74, 6) is -1.38. The molecule has 1 heterocycles. The van der Waals surface area contributed by atoms with Crippen molar-refractivity contribution in [2.45, 2.75) is 57.9 Å². The molecular weight excluding hydrogens is 298 g/mol. The molecule has 1 unspecified atom stereocenters. The van der Waals surface area contributed by atoms with E-state index in [1.807, 2.05) is 6.08 Å². The Hall–Kier alpha value is -2.18. The van der Waals surface area contributed by atoms with Gasteiger partial charge >= 0.3 is 5.97 Å². The van der Waals surface area contributed by atoms with E-state index in [9.17, 15) is 19.5 Å². The molecule has 0 fully saturated rings. The summed E-state index contributed by atoms with van der Waals surface area (Å²) in [6.45, 7) is 2.06. The van der Waals surface area contributed by atoms with E-state index in [2.05, 4.69) is 15.6 Å². The minimum atomic E-state index is -1.05. The monoisotopic (exact) mass is 323 g/mol. The number of carbonyl (C=O) groups is 3. The van der Waals surface area contributed by atoms with Gasteiger partial charge in [0.1, 0.15) is 6.04 Å². The summed E-state index contributed by atoms with van der Waals surface area (Å²) >= 11 is 0. The molecule has 128 valence electrons. The first kappa shape index (κ1) is 18.9. The first-order chi connectivity index (χ1) is 11.0. The van der Waals surface area contributed by atoms with Crippen LogP contribution in [0.3, 0.4) is 0 Å². The van der Waals surface area contributed by atoms with E-state index in [4.69, 9.17) is 0 Å². The molecule has 7 heteroatoms. The van der Waals surface area contributed by atoms with E-state index in [0.29, 0.717) is 18.7 Å². The number of rotatable bonds is 10. The summed E-state index contributed by atoms with van der Waals surface area (Å²) in [4.78, 5) is 37.9. The molecular formula is C16H25N3O4. The summed E-state index contributed by atoms with van der Waals surface area (Å²) in [7, 11) is 0. The molecule has 0 spiro atoms. The molecule has 0 saturated heterocycles. The molecule has 0 aromatic carbocycles. The molecule has 1 rings (SSSR count). The summed E-state index contributed by atoms with van der Waals surface area (Å²) < 4.78 is 0. The lowest BCUT2D eigenvalue weighted by Gasteiger charge is -2.16. The highest BCUT2D eigenvalue weighted by atomic mass is 16.4. The Labute approximate surface area is 136 Å². The quantitative estimate of drug-likeness (QED) is 0.528. The average molecular weight is 323 g/mol. The van der Waals surface area contributed by atoms with E-state index in [1.54, 1.807) is 6.21 Å². The van der Waals surface area contributed by atoms with E-state index < -0.39 is 12.0 Å². The summed E-state index contributed by atoms with van der Waals surface area (Å²) in [5, 5.41) is 14.5. The molecule has 2 amide bonds. The molecule has 3 N–H and O–H groups in total. The second kappa shape index (κ2) is 10.5. The van der Waals surface area contributed by atoms with Crippen LogP contribution in [-0.2, 0) is 14.4 Å². The van der Waals surface area contributed by atoms with Crippen molar-refractivity contribution in [1.29, 1.82) is 0 Å². The molecule has 0 aromatic heterocycles. The zero-order valence-electron chi connectivity index (χ0n) is 13.5. The van der Waals surface area contributed by atoms with Gasteiger partial charge in [-0.15, -0.1) is 0 Å². The molecule has 1 aliphatic rings. The molecule has 23 heavy (non-hydrogen) atoms. The van der Waals surface area contributed by atoms with Gasteiger partial charge in [-0.25, -0.2) is 4.79 Å². The molecule has 7 nitrogen and oxygen atoms in total. The van der Waals surface area contributed by atoms with Crippen molar-refractivity contribution in [3.63, 3.8) is 0 Å². The number of carboxylic acid groups (broad SMARTS) is 1. The number of hydrogen-bond acceptors (Lipinski definition) is 4. The molecule has 0 radical (unpaired) electrons. The summed E-state index contributed by atoms with van der Waals surface area (Å²) in [5.41, 5.74) is 0.708. The fourth-order valence-corrected chi connectivity index (χ4v) is 2.22. The van der Waals surface area contributed by atoms with Gasteiger partial charge in [0, 0.05) is 38.2 Å². The van der Waals surface area contributed by atoms with Gasteiger partial charge in [0.25, 0.3) is 0 Å². The van der Waals surface area contributed by atoms with Crippen LogP contribution in [0.4, 0.5) is 0 Å². The Kier molecular flexibility index (Phi) is 8.64. The SMILES string of the molecule is CC(=O)NCCCCCC(=O)NC(CC1=CCCC=N1)C(=O)O. The van der Waals surface area contributed by atoms with Gasteiger partial charge in [-0.2, -0.15) is 0 Å². The number of hydrogen-bond donors (Lipinski definition) is 3. The Morgan fingerprint density at radius 2 is 2.04 bits per heavy atom. The number of unbranched alkanes of at least 4 members (excludes halogenated alkanes) is 2. The minimum Gasteiger partial charge on any atom is -0.480 e. The maximum atomic E-state index is 11.8. The smallest absolute Gasteiger partial charge is 0.326 e. The van der Waals surface area contributed by atoms with Crippen LogP contribution in [0.2, 0.25) is 0 Å². The third-order valence-corrected chi connectivity index (χ3v) is 3.43. The first-order valence-electron chi connectivity index (χ1n) is 7.97. The largest absolute Gasteiger partial charge is 0.480 e. The third-order valence-electron chi connectivity index (χ3n) is 3.43. The third kappa shape index (κ3) is 8.75. The fraction of sp³-hybridized carbons (Fsp3) is 0.625. The maximum Gasteiger partial charge on any atom is 0.326 e. The lowest BCUT2D eigenvalue weighted by atomic mass is 10.1. The van der Waals surface area contributed by atoms with Crippen LogP contribution in [0.25, 0.3) is 0 Å². The Bertz CT molecular complexity index is 486. The minimum absolute atomic E-state index is 0.0632. The second-order valence-electron chi connectivity index (χ2n) is 5.54. The van der Waals surface area contributed by atoms with Crippen molar-refractivity contribution >= 4 is 24.0 Å². The van der Waals surface area contributed by atoms with Crippen molar-refractivity contribution in [2.24, 2.45) is 4.99 Å². The van der Waals surface area contributed by atoms with Crippen molar-refractivity contribution in [3.8, 4) is 0 Å². The molecule has 0 saturated carbocycles. The normalized spacial score (nSPS) is 14.7. The van der Waals surface area contributed by atoms with Crippen LogP contribution in [0.15, 0.2) is 16.8 Å². The van der Waals surface area contributed by atoms with Gasteiger partial charge in [0.05, 0.1) is 0 Å². The molecule has 1 atom stereocenters. The number of amides is 2. The van der Waals surface area contributed by atoms with Gasteiger partial charge in [-0.3, -0.25) is 14.6 Å². The fourth-order valence-electron chi connectivity index (χ4n) is 2.22. The van der Waals surface area contributed by atoms with Gasteiger partial charge in [-0.05, 0) is 25.7 Å². The van der Waals surface area contributed by atoms with Crippen molar-refractivity contribution in [3.05, 3.63) is 11.8 Å². The number of nitrogens with zero attached hydrogens (tertiary/aromatic N) is 1. The standard InChI is InChI=1S/C16H25N3O4/c1-12(20)17-9-5-2-3-8-15(21)19-14(16(22)23)11-13-7-4-6-10-18-13/h7,10,14H,2-6,8-9,11H2,1H3,(H,17,20)(H,19,21)(H,22,23). The Balaban J connectivity index is 2.26. The predicted octanol–water partition coefficient (Wildman–Crippen LogP) is 1.39. The molecule has 0 bridgehead atoms. The highest BCUT2D eigenvalue weighted by Crippen LogP contribution is 2.13. The van der Waals surface area contributed by atoms with Crippen molar-refractivity contribution in [2.75, 3.05) is 6.54 Å². The average Bonchev–Trinajstić information content (AvgIpc) is 2.50. The van der Waals surface area contributed by atoms with Crippen LogP contribution in [0.5, 0.6) is 0 Å². The van der Waals surface area contributed by atoms with Gasteiger partial charge in [0.2, 0.25) is 11.8 Å². The van der Waals surface area contributed by atoms with E-state index in [1.165, 1.54) is 6.92 Å². The van der Waals surface area contributed by atoms with Gasteiger partial charge < -0.3 is 15.7 Å². The highest BCUT2D eigenvalue weighted by Gasteiger charge is 2.21. The van der Waals surface area contributed by atoms with E-state index in [-0.39, 0.29) is 24.7 Å². The van der Waals surface area contributed by atoms with Crippen LogP contribution in [0, 0.1) is 0 Å². The van der Waals surface area contributed by atoms with Crippen LogP contribution in [0.1, 0.15) is 51.9 Å².